The smallest absolute Gasteiger partial charge is 0.240 e. The molecular weight excluding hydrogens is 224 g/mol. The standard InChI is InChI=1S/C10H16N4OS/c1-13(5-6-14-4-2-3-12-14)10(15)9-7-16-8-11-9/h2-4,9,11H,5-8H2,1H3. The highest BCUT2D eigenvalue weighted by atomic mass is 32.2. The van der Waals surface area contributed by atoms with Gasteiger partial charge in [0.1, 0.15) is 0 Å². The Morgan fingerprint density at radius 3 is 3.25 bits per heavy atom. The maximum absolute atomic E-state index is 11.9. The molecule has 1 aliphatic rings. The summed E-state index contributed by atoms with van der Waals surface area (Å²) in [5.41, 5.74) is 0. The van der Waals surface area contributed by atoms with Gasteiger partial charge in [0.15, 0.2) is 0 Å². The van der Waals surface area contributed by atoms with Gasteiger partial charge in [-0.3, -0.25) is 14.8 Å². The van der Waals surface area contributed by atoms with Gasteiger partial charge < -0.3 is 4.90 Å². The van der Waals surface area contributed by atoms with Gasteiger partial charge in [-0.05, 0) is 6.07 Å². The van der Waals surface area contributed by atoms with E-state index in [1.54, 1.807) is 22.9 Å². The molecule has 1 unspecified atom stereocenters. The van der Waals surface area contributed by atoms with Gasteiger partial charge in [0.25, 0.3) is 0 Å². The minimum Gasteiger partial charge on any atom is -0.343 e. The van der Waals surface area contributed by atoms with Crippen molar-refractivity contribution in [3.8, 4) is 0 Å². The molecule has 0 aromatic carbocycles. The number of nitrogens with zero attached hydrogens (tertiary/aromatic N) is 3. The molecule has 5 nitrogen and oxygen atoms in total. The molecule has 0 spiro atoms. The minimum atomic E-state index is -0.00683. The number of hydrogen-bond acceptors (Lipinski definition) is 4. The van der Waals surface area contributed by atoms with Crippen molar-refractivity contribution in [3.05, 3.63) is 18.5 Å². The molecule has 0 bridgehead atoms. The summed E-state index contributed by atoms with van der Waals surface area (Å²) in [6, 6.07) is 1.88. The van der Waals surface area contributed by atoms with Crippen molar-refractivity contribution >= 4 is 17.7 Å². The lowest BCUT2D eigenvalue weighted by Gasteiger charge is -2.20. The van der Waals surface area contributed by atoms with Crippen LogP contribution in [0, 0.1) is 0 Å². The summed E-state index contributed by atoms with van der Waals surface area (Å²) in [5, 5.41) is 7.28. The Bertz CT molecular complexity index is 335. The number of carbonyl (C=O) groups excluding carboxylic acids is 1. The summed E-state index contributed by atoms with van der Waals surface area (Å²) in [6.45, 7) is 1.44. The summed E-state index contributed by atoms with van der Waals surface area (Å²) in [4.78, 5) is 13.7. The van der Waals surface area contributed by atoms with Gasteiger partial charge in [0.2, 0.25) is 5.91 Å². The van der Waals surface area contributed by atoms with Crippen LogP contribution < -0.4 is 5.32 Å². The lowest BCUT2D eigenvalue weighted by Crippen LogP contribution is -2.44. The second-order valence-electron chi connectivity index (χ2n) is 3.80. The first kappa shape index (κ1) is 11.5. The van der Waals surface area contributed by atoms with Gasteiger partial charge in [0, 0.05) is 37.6 Å². The molecule has 0 aliphatic carbocycles. The molecule has 1 N–H and O–H groups in total. The Balaban J connectivity index is 1.78. The van der Waals surface area contributed by atoms with Gasteiger partial charge in [0.05, 0.1) is 12.6 Å². The van der Waals surface area contributed by atoms with Crippen molar-refractivity contribution in [2.75, 3.05) is 25.2 Å². The minimum absolute atomic E-state index is 0.00683. The van der Waals surface area contributed by atoms with Crippen molar-refractivity contribution in [3.63, 3.8) is 0 Å². The van der Waals surface area contributed by atoms with Crippen LogP contribution in [-0.4, -0.2) is 51.9 Å². The SMILES string of the molecule is CN(CCn1cccn1)C(=O)C1CSCN1. The van der Waals surface area contributed by atoms with E-state index in [2.05, 4.69) is 10.4 Å². The molecule has 1 atom stereocenters. The van der Waals surface area contributed by atoms with Crippen molar-refractivity contribution in [2.24, 2.45) is 0 Å². The number of hydrogen-bond donors (Lipinski definition) is 1. The highest BCUT2D eigenvalue weighted by Gasteiger charge is 2.24. The molecule has 16 heavy (non-hydrogen) atoms. The maximum Gasteiger partial charge on any atom is 0.240 e. The largest absolute Gasteiger partial charge is 0.343 e. The highest BCUT2D eigenvalue weighted by molar-refractivity contribution is 7.99. The molecule has 1 fully saturated rings. The molecule has 2 heterocycles. The third-order valence-electron chi connectivity index (χ3n) is 2.61. The van der Waals surface area contributed by atoms with Crippen molar-refractivity contribution in [1.82, 2.24) is 20.0 Å². The zero-order valence-corrected chi connectivity index (χ0v) is 10.1. The van der Waals surface area contributed by atoms with Gasteiger partial charge >= 0.3 is 0 Å². The van der Waals surface area contributed by atoms with E-state index in [1.807, 2.05) is 24.0 Å². The first-order valence-electron chi connectivity index (χ1n) is 5.31. The molecule has 1 saturated heterocycles. The lowest BCUT2D eigenvalue weighted by atomic mass is 10.3. The quantitative estimate of drug-likeness (QED) is 0.805. The van der Waals surface area contributed by atoms with Gasteiger partial charge in [-0.15, -0.1) is 11.8 Å². The molecule has 1 aromatic rings. The fourth-order valence-corrected chi connectivity index (χ4v) is 2.55. The third kappa shape index (κ3) is 2.76. The summed E-state index contributed by atoms with van der Waals surface area (Å²) < 4.78 is 1.83. The van der Waals surface area contributed by atoms with E-state index in [0.29, 0.717) is 6.54 Å². The van der Waals surface area contributed by atoms with E-state index < -0.39 is 0 Å². The number of amides is 1. The van der Waals surface area contributed by atoms with Gasteiger partial charge in [-0.2, -0.15) is 5.10 Å². The summed E-state index contributed by atoms with van der Waals surface area (Å²) in [6.07, 6.45) is 3.65. The maximum atomic E-state index is 11.9. The zero-order valence-electron chi connectivity index (χ0n) is 9.30. The fourth-order valence-electron chi connectivity index (χ4n) is 1.62. The topological polar surface area (TPSA) is 50.2 Å². The van der Waals surface area contributed by atoms with E-state index >= 15 is 0 Å². The Hall–Kier alpha value is -1.01. The monoisotopic (exact) mass is 240 g/mol. The fraction of sp³-hybridized carbons (Fsp3) is 0.600. The second kappa shape index (κ2) is 5.36. The van der Waals surface area contributed by atoms with E-state index in [0.717, 1.165) is 18.2 Å². The van der Waals surface area contributed by atoms with E-state index in [1.165, 1.54) is 0 Å². The van der Waals surface area contributed by atoms with Crippen molar-refractivity contribution in [1.29, 1.82) is 0 Å². The molecule has 1 aromatic heterocycles. The Morgan fingerprint density at radius 2 is 2.62 bits per heavy atom. The summed E-state index contributed by atoms with van der Waals surface area (Å²) in [7, 11) is 1.84. The molecule has 0 saturated carbocycles. The first-order valence-corrected chi connectivity index (χ1v) is 6.46. The Morgan fingerprint density at radius 1 is 1.75 bits per heavy atom. The van der Waals surface area contributed by atoms with Crippen LogP contribution in [0.2, 0.25) is 0 Å². The third-order valence-corrected chi connectivity index (χ3v) is 3.55. The number of carbonyl (C=O) groups is 1. The van der Waals surface area contributed by atoms with Crippen LogP contribution in [0.1, 0.15) is 0 Å². The average Bonchev–Trinajstić information content (AvgIpc) is 2.96. The molecule has 1 amide bonds. The normalized spacial score (nSPS) is 19.9. The summed E-state index contributed by atoms with van der Waals surface area (Å²) in [5.74, 6) is 1.94. The van der Waals surface area contributed by atoms with Crippen LogP contribution in [0.5, 0.6) is 0 Å². The first-order chi connectivity index (χ1) is 7.77. The molecular formula is C10H16N4OS. The van der Waals surface area contributed by atoms with Crippen molar-refractivity contribution < 1.29 is 4.79 Å². The number of nitrogens with one attached hydrogen (secondary N) is 1. The van der Waals surface area contributed by atoms with Crippen LogP contribution in [0.25, 0.3) is 0 Å². The molecule has 1 aliphatic heterocycles. The van der Waals surface area contributed by atoms with Crippen LogP contribution in [0.15, 0.2) is 18.5 Å². The average molecular weight is 240 g/mol. The van der Waals surface area contributed by atoms with E-state index in [-0.39, 0.29) is 11.9 Å². The van der Waals surface area contributed by atoms with E-state index in [4.69, 9.17) is 0 Å². The predicted molar refractivity (Wildman–Crippen MR) is 64.1 cm³/mol. The zero-order chi connectivity index (χ0) is 11.4. The van der Waals surface area contributed by atoms with Gasteiger partial charge in [-0.1, -0.05) is 0 Å². The molecule has 0 radical (unpaired) electrons. The van der Waals surface area contributed by atoms with Crippen molar-refractivity contribution in [2.45, 2.75) is 12.6 Å². The lowest BCUT2D eigenvalue weighted by molar-refractivity contribution is -0.131. The number of rotatable bonds is 4. The second-order valence-corrected chi connectivity index (χ2v) is 4.83. The summed E-state index contributed by atoms with van der Waals surface area (Å²) >= 11 is 1.77. The van der Waals surface area contributed by atoms with Crippen LogP contribution in [-0.2, 0) is 11.3 Å². The highest BCUT2D eigenvalue weighted by Crippen LogP contribution is 2.11. The Kier molecular flexibility index (Phi) is 3.84. The number of thioether (sulfide) groups is 1. The number of aromatic nitrogens is 2. The van der Waals surface area contributed by atoms with Gasteiger partial charge in [-0.25, -0.2) is 0 Å². The van der Waals surface area contributed by atoms with Crippen LogP contribution in [0.3, 0.4) is 0 Å². The van der Waals surface area contributed by atoms with Crippen LogP contribution >= 0.6 is 11.8 Å². The predicted octanol–water partition coefficient (Wildman–Crippen LogP) is 0.00400. The molecule has 88 valence electrons. The van der Waals surface area contributed by atoms with Crippen LogP contribution in [0.4, 0.5) is 0 Å². The number of likely N-dealkylation sites (N-methyl/N-ethyl adjacent to an activating group) is 1. The Labute approximate surface area is 99.2 Å². The molecule has 6 heteroatoms. The van der Waals surface area contributed by atoms with E-state index in [9.17, 15) is 4.79 Å². The molecule has 2 rings (SSSR count).